The summed E-state index contributed by atoms with van der Waals surface area (Å²) in [4.78, 5) is 9.13. The molecule has 0 amide bonds. The largest absolute Gasteiger partial charge is 0.382 e. The van der Waals surface area contributed by atoms with E-state index in [-0.39, 0.29) is 5.54 Å². The Morgan fingerprint density at radius 3 is 2.84 bits per heavy atom. The maximum atomic E-state index is 5.88. The van der Waals surface area contributed by atoms with Crippen molar-refractivity contribution in [3.05, 3.63) is 22.6 Å². The smallest absolute Gasteiger partial charge is 0.160 e. The molecule has 0 aliphatic rings. The zero-order valence-corrected chi connectivity index (χ0v) is 13.6. The fourth-order valence-corrected chi connectivity index (χ4v) is 2.78. The van der Waals surface area contributed by atoms with Gasteiger partial charge in [0, 0.05) is 30.1 Å². The SMILES string of the molecule is COCC(C)(C)n1c(CCCl)nc2cc(Br)cnc21. The Labute approximate surface area is 126 Å². The maximum absolute atomic E-state index is 5.88. The van der Waals surface area contributed by atoms with Crippen molar-refractivity contribution in [2.75, 3.05) is 19.6 Å². The number of aryl methyl sites for hydroxylation is 1. The number of pyridine rings is 1. The monoisotopic (exact) mass is 345 g/mol. The molecule has 0 bridgehead atoms. The predicted molar refractivity (Wildman–Crippen MR) is 80.9 cm³/mol. The second-order valence-corrected chi connectivity index (χ2v) is 6.34. The van der Waals surface area contributed by atoms with Gasteiger partial charge in [0.2, 0.25) is 0 Å². The Bertz CT molecular complexity index is 583. The van der Waals surface area contributed by atoms with E-state index in [2.05, 4.69) is 44.3 Å². The Morgan fingerprint density at radius 2 is 2.21 bits per heavy atom. The molecule has 0 N–H and O–H groups in total. The molecular weight excluding hydrogens is 330 g/mol. The standard InChI is InChI=1S/C13H17BrClN3O/c1-13(2,8-19-3)18-11(4-5-15)17-10-6-9(14)7-16-12(10)18/h6-7H,4-5,8H2,1-3H3. The molecule has 0 radical (unpaired) electrons. The van der Waals surface area contributed by atoms with Crippen LogP contribution in [0.15, 0.2) is 16.7 Å². The number of rotatable bonds is 5. The van der Waals surface area contributed by atoms with E-state index in [4.69, 9.17) is 16.3 Å². The number of aromatic nitrogens is 3. The second-order valence-electron chi connectivity index (χ2n) is 5.04. The lowest BCUT2D eigenvalue weighted by Gasteiger charge is -2.28. The van der Waals surface area contributed by atoms with Crippen molar-refractivity contribution in [2.45, 2.75) is 25.8 Å². The number of methoxy groups -OCH3 is 1. The third kappa shape index (κ3) is 2.93. The van der Waals surface area contributed by atoms with E-state index in [0.717, 1.165) is 21.5 Å². The van der Waals surface area contributed by atoms with Crippen LogP contribution < -0.4 is 0 Å². The van der Waals surface area contributed by atoms with Crippen LogP contribution in [0.3, 0.4) is 0 Å². The first-order valence-corrected chi connectivity index (χ1v) is 7.40. The molecular formula is C13H17BrClN3O. The van der Waals surface area contributed by atoms with Gasteiger partial charge in [-0.05, 0) is 35.8 Å². The first-order chi connectivity index (χ1) is 8.99. The summed E-state index contributed by atoms with van der Waals surface area (Å²) in [6.45, 7) is 4.81. The minimum Gasteiger partial charge on any atom is -0.382 e. The Kier molecular flexibility index (Phi) is 4.48. The van der Waals surface area contributed by atoms with E-state index in [1.807, 2.05) is 6.07 Å². The van der Waals surface area contributed by atoms with Gasteiger partial charge in [0.25, 0.3) is 0 Å². The average molecular weight is 347 g/mol. The molecule has 2 rings (SSSR count). The summed E-state index contributed by atoms with van der Waals surface area (Å²) in [6.07, 6.45) is 2.50. The van der Waals surface area contributed by atoms with E-state index < -0.39 is 0 Å². The van der Waals surface area contributed by atoms with Gasteiger partial charge in [0.05, 0.1) is 12.1 Å². The summed E-state index contributed by atoms with van der Waals surface area (Å²) in [6, 6.07) is 1.97. The fraction of sp³-hybridized carbons (Fsp3) is 0.538. The number of fused-ring (bicyclic) bond motifs is 1. The molecule has 104 valence electrons. The van der Waals surface area contributed by atoms with Crippen LogP contribution in [0.4, 0.5) is 0 Å². The summed E-state index contributed by atoms with van der Waals surface area (Å²) < 4.78 is 8.37. The minimum atomic E-state index is -0.217. The van der Waals surface area contributed by atoms with E-state index >= 15 is 0 Å². The fourth-order valence-electron chi connectivity index (χ4n) is 2.29. The van der Waals surface area contributed by atoms with Gasteiger partial charge in [-0.3, -0.25) is 0 Å². The quantitative estimate of drug-likeness (QED) is 0.779. The van der Waals surface area contributed by atoms with Crippen LogP contribution in [0, 0.1) is 0 Å². The number of alkyl halides is 1. The molecule has 0 saturated heterocycles. The molecule has 0 atom stereocenters. The van der Waals surface area contributed by atoms with Crippen LogP contribution in [0.25, 0.3) is 11.2 Å². The molecule has 0 unspecified atom stereocenters. The molecule has 6 heteroatoms. The Morgan fingerprint density at radius 1 is 1.47 bits per heavy atom. The van der Waals surface area contributed by atoms with Crippen LogP contribution in [-0.2, 0) is 16.7 Å². The number of hydrogen-bond donors (Lipinski definition) is 0. The first kappa shape index (κ1) is 14.8. The molecule has 0 spiro atoms. The van der Waals surface area contributed by atoms with Crippen molar-refractivity contribution in [3.8, 4) is 0 Å². The molecule has 0 aromatic carbocycles. The number of ether oxygens (including phenoxy) is 1. The number of halogens is 2. The maximum Gasteiger partial charge on any atom is 0.160 e. The topological polar surface area (TPSA) is 39.9 Å². The predicted octanol–water partition coefficient (Wildman–Crippen LogP) is 3.36. The highest BCUT2D eigenvalue weighted by Crippen LogP contribution is 2.26. The van der Waals surface area contributed by atoms with E-state index in [9.17, 15) is 0 Å². The molecule has 2 aromatic rings. The van der Waals surface area contributed by atoms with Crippen LogP contribution in [0.5, 0.6) is 0 Å². The van der Waals surface area contributed by atoms with Gasteiger partial charge in [-0.15, -0.1) is 11.6 Å². The molecule has 4 nitrogen and oxygen atoms in total. The summed E-state index contributed by atoms with van der Waals surface area (Å²) in [5.74, 6) is 1.48. The number of imidazole rings is 1. The summed E-state index contributed by atoms with van der Waals surface area (Å²) >= 11 is 9.30. The van der Waals surface area contributed by atoms with Crippen LogP contribution in [0.1, 0.15) is 19.7 Å². The van der Waals surface area contributed by atoms with Crippen molar-refractivity contribution < 1.29 is 4.74 Å². The second kappa shape index (κ2) is 5.77. The summed E-state index contributed by atoms with van der Waals surface area (Å²) in [5, 5.41) is 0. The molecule has 0 aliphatic carbocycles. The van der Waals surface area contributed by atoms with E-state index in [1.54, 1.807) is 13.3 Å². The Hall–Kier alpha value is -0.650. The third-order valence-electron chi connectivity index (χ3n) is 2.95. The van der Waals surface area contributed by atoms with Gasteiger partial charge in [-0.1, -0.05) is 0 Å². The summed E-state index contributed by atoms with van der Waals surface area (Å²) in [7, 11) is 1.70. The van der Waals surface area contributed by atoms with E-state index in [0.29, 0.717) is 18.9 Å². The minimum absolute atomic E-state index is 0.217. The lowest BCUT2D eigenvalue weighted by molar-refractivity contribution is 0.110. The summed E-state index contributed by atoms with van der Waals surface area (Å²) in [5.41, 5.74) is 1.52. The Balaban J connectivity index is 2.64. The average Bonchev–Trinajstić information content (AvgIpc) is 2.67. The van der Waals surface area contributed by atoms with Gasteiger partial charge in [-0.2, -0.15) is 0 Å². The van der Waals surface area contributed by atoms with Crippen LogP contribution in [-0.4, -0.2) is 34.1 Å². The third-order valence-corrected chi connectivity index (χ3v) is 3.58. The normalized spacial score (nSPS) is 12.3. The van der Waals surface area contributed by atoms with Gasteiger partial charge in [0.1, 0.15) is 11.3 Å². The van der Waals surface area contributed by atoms with Gasteiger partial charge in [-0.25, -0.2) is 9.97 Å². The van der Waals surface area contributed by atoms with E-state index in [1.165, 1.54) is 0 Å². The first-order valence-electron chi connectivity index (χ1n) is 6.08. The highest BCUT2D eigenvalue weighted by atomic mass is 79.9. The molecule has 0 fully saturated rings. The van der Waals surface area contributed by atoms with Crippen molar-refractivity contribution in [1.29, 1.82) is 0 Å². The molecule has 2 heterocycles. The zero-order chi connectivity index (χ0) is 14.0. The lowest BCUT2D eigenvalue weighted by atomic mass is 10.1. The van der Waals surface area contributed by atoms with Gasteiger partial charge >= 0.3 is 0 Å². The lowest BCUT2D eigenvalue weighted by Crippen LogP contribution is -2.33. The molecule has 0 saturated carbocycles. The van der Waals surface area contributed by atoms with Crippen LogP contribution >= 0.6 is 27.5 Å². The van der Waals surface area contributed by atoms with Crippen LogP contribution in [0.2, 0.25) is 0 Å². The van der Waals surface area contributed by atoms with Crippen molar-refractivity contribution in [1.82, 2.24) is 14.5 Å². The molecule has 2 aromatic heterocycles. The number of nitrogens with zero attached hydrogens (tertiary/aromatic N) is 3. The highest BCUT2D eigenvalue weighted by molar-refractivity contribution is 9.10. The molecule has 19 heavy (non-hydrogen) atoms. The van der Waals surface area contributed by atoms with Gasteiger partial charge in [0.15, 0.2) is 5.65 Å². The molecule has 0 aliphatic heterocycles. The van der Waals surface area contributed by atoms with Crippen molar-refractivity contribution >= 4 is 38.7 Å². The van der Waals surface area contributed by atoms with Crippen molar-refractivity contribution in [3.63, 3.8) is 0 Å². The van der Waals surface area contributed by atoms with Crippen molar-refractivity contribution in [2.24, 2.45) is 0 Å². The van der Waals surface area contributed by atoms with Gasteiger partial charge < -0.3 is 9.30 Å². The highest BCUT2D eigenvalue weighted by Gasteiger charge is 2.26. The zero-order valence-electron chi connectivity index (χ0n) is 11.3. The number of hydrogen-bond acceptors (Lipinski definition) is 3.